The largest absolute Gasteiger partial charge is 0.507 e. The van der Waals surface area contributed by atoms with Crippen molar-refractivity contribution in [2.45, 2.75) is 26.4 Å². The van der Waals surface area contributed by atoms with Crippen molar-refractivity contribution in [1.82, 2.24) is 0 Å². The van der Waals surface area contributed by atoms with Gasteiger partial charge in [-0.3, -0.25) is 9.59 Å². The fourth-order valence-corrected chi connectivity index (χ4v) is 3.54. The molecule has 126 valence electrons. The molecule has 2 aromatic rings. The Kier molecular flexibility index (Phi) is 3.14. The highest BCUT2D eigenvalue weighted by molar-refractivity contribution is 6.30. The van der Waals surface area contributed by atoms with Gasteiger partial charge in [0.25, 0.3) is 0 Å². The van der Waals surface area contributed by atoms with Crippen molar-refractivity contribution in [2.75, 3.05) is 0 Å². The van der Waals surface area contributed by atoms with Gasteiger partial charge in [0.2, 0.25) is 0 Å². The van der Waals surface area contributed by atoms with E-state index in [1.165, 1.54) is 6.08 Å². The minimum absolute atomic E-state index is 0.168. The Hall–Kier alpha value is -2.92. The second-order valence-corrected chi connectivity index (χ2v) is 6.59. The van der Waals surface area contributed by atoms with E-state index < -0.39 is 17.7 Å². The predicted octanol–water partition coefficient (Wildman–Crippen LogP) is 0.816. The van der Waals surface area contributed by atoms with Crippen LogP contribution < -0.4 is 10.4 Å². The Bertz CT molecular complexity index is 1110. The molecule has 3 N–H and O–H groups in total. The summed E-state index contributed by atoms with van der Waals surface area (Å²) >= 11 is 0. The zero-order chi connectivity index (χ0) is 18.0. The smallest absolute Gasteiger partial charge is 0.198 e. The number of benzene rings is 2. The van der Waals surface area contributed by atoms with E-state index >= 15 is 0 Å². The van der Waals surface area contributed by atoms with Gasteiger partial charge in [-0.05, 0) is 49.6 Å². The third kappa shape index (κ3) is 1.99. The molecule has 0 amide bonds. The van der Waals surface area contributed by atoms with E-state index in [0.29, 0.717) is 0 Å². The minimum atomic E-state index is -0.817. The number of aryl methyl sites for hydroxylation is 2. The van der Waals surface area contributed by atoms with Crippen molar-refractivity contribution >= 4 is 23.7 Å². The quantitative estimate of drug-likeness (QED) is 0.528. The van der Waals surface area contributed by atoms with Crippen molar-refractivity contribution in [3.63, 3.8) is 0 Å². The number of hydrogen-bond acceptors (Lipinski definition) is 5. The molecule has 0 saturated heterocycles. The van der Waals surface area contributed by atoms with Gasteiger partial charge in [0, 0.05) is 21.6 Å². The Morgan fingerprint density at radius 1 is 0.880 bits per heavy atom. The van der Waals surface area contributed by atoms with E-state index in [9.17, 15) is 24.9 Å². The molecule has 5 heteroatoms. The van der Waals surface area contributed by atoms with E-state index in [4.69, 9.17) is 0 Å². The first-order valence-electron chi connectivity index (χ1n) is 8.00. The van der Waals surface area contributed by atoms with Crippen LogP contribution in [0.1, 0.15) is 49.4 Å². The molecule has 2 aliphatic carbocycles. The first-order chi connectivity index (χ1) is 11.8. The number of aliphatic hydroxyl groups excluding tert-OH is 1. The monoisotopic (exact) mass is 336 g/mol. The molecule has 25 heavy (non-hydrogen) atoms. The Balaban J connectivity index is 2.14. The van der Waals surface area contributed by atoms with Gasteiger partial charge >= 0.3 is 0 Å². The van der Waals surface area contributed by atoms with Crippen LogP contribution in [-0.2, 0) is 0 Å². The maximum atomic E-state index is 12.9. The molecular formula is C20H16O5. The topological polar surface area (TPSA) is 94.8 Å². The van der Waals surface area contributed by atoms with Crippen LogP contribution in [0.15, 0.2) is 12.1 Å². The van der Waals surface area contributed by atoms with Gasteiger partial charge in [-0.25, -0.2) is 0 Å². The van der Waals surface area contributed by atoms with Gasteiger partial charge in [-0.2, -0.15) is 0 Å². The van der Waals surface area contributed by atoms with Crippen molar-refractivity contribution in [3.05, 3.63) is 56.0 Å². The number of ketones is 2. The average Bonchev–Trinajstić information content (AvgIpc) is 2.57. The van der Waals surface area contributed by atoms with Crippen LogP contribution in [0, 0.1) is 13.8 Å². The standard InChI is InChI=1S/C20H16O5/c1-8-5-12-13(6-9(8)2)19(24)16-15(18(12)23)17(22)11-4-3-10(21)7-14(11)20(16)25/h4-7,10,21-22,25H,3H2,1-2H3. The second kappa shape index (κ2) is 5.04. The van der Waals surface area contributed by atoms with Crippen LogP contribution in [-0.4, -0.2) is 33.0 Å². The van der Waals surface area contributed by atoms with Crippen LogP contribution >= 0.6 is 0 Å². The lowest BCUT2D eigenvalue weighted by Gasteiger charge is -2.22. The predicted molar refractivity (Wildman–Crippen MR) is 91.4 cm³/mol. The number of aliphatic hydroxyl groups is 1. The Labute approximate surface area is 143 Å². The first kappa shape index (κ1) is 15.6. The Morgan fingerprint density at radius 2 is 1.36 bits per heavy atom. The molecule has 2 aromatic carbocycles. The lowest BCUT2D eigenvalue weighted by molar-refractivity contribution is 0.0973. The number of fused-ring (bicyclic) bond motifs is 3. The molecule has 0 heterocycles. The molecular weight excluding hydrogens is 320 g/mol. The van der Waals surface area contributed by atoms with Crippen molar-refractivity contribution < 1.29 is 24.9 Å². The molecule has 0 aliphatic heterocycles. The number of phenolic OH excluding ortho intramolecular Hbond substituents is 2. The molecule has 4 rings (SSSR count). The number of carbonyl (C=O) groups excluding carboxylic acids is 2. The SMILES string of the molecule is Cc1cc2c(cc1C)C(=O)c1c(c(O)c3c(c1O)=CC(O)CC=3)C2=O. The van der Waals surface area contributed by atoms with Gasteiger partial charge in [0.15, 0.2) is 11.6 Å². The molecule has 5 nitrogen and oxygen atoms in total. The maximum Gasteiger partial charge on any atom is 0.198 e. The summed E-state index contributed by atoms with van der Waals surface area (Å²) in [4.78, 5) is 25.9. The minimum Gasteiger partial charge on any atom is -0.507 e. The highest BCUT2D eigenvalue weighted by atomic mass is 16.3. The van der Waals surface area contributed by atoms with Crippen molar-refractivity contribution in [1.29, 1.82) is 0 Å². The van der Waals surface area contributed by atoms with Crippen molar-refractivity contribution in [2.24, 2.45) is 0 Å². The number of carbonyl (C=O) groups is 2. The van der Waals surface area contributed by atoms with Gasteiger partial charge < -0.3 is 15.3 Å². The van der Waals surface area contributed by atoms with Crippen molar-refractivity contribution in [3.8, 4) is 11.5 Å². The summed E-state index contributed by atoms with van der Waals surface area (Å²) in [6, 6.07) is 3.28. The summed E-state index contributed by atoms with van der Waals surface area (Å²) in [6.07, 6.45) is 2.39. The summed E-state index contributed by atoms with van der Waals surface area (Å²) in [6.45, 7) is 3.68. The lowest BCUT2D eigenvalue weighted by atomic mass is 9.80. The number of aromatic hydroxyl groups is 2. The van der Waals surface area contributed by atoms with E-state index in [1.54, 1.807) is 18.2 Å². The van der Waals surface area contributed by atoms with Crippen LogP contribution in [0.4, 0.5) is 0 Å². The maximum absolute atomic E-state index is 12.9. The van der Waals surface area contributed by atoms with Crippen LogP contribution in [0.5, 0.6) is 11.5 Å². The van der Waals surface area contributed by atoms with Crippen LogP contribution in [0.2, 0.25) is 0 Å². The third-order valence-electron chi connectivity index (χ3n) is 5.02. The molecule has 0 aromatic heterocycles. The zero-order valence-electron chi connectivity index (χ0n) is 13.8. The molecule has 0 spiro atoms. The third-order valence-corrected chi connectivity index (χ3v) is 5.02. The molecule has 1 atom stereocenters. The molecule has 0 saturated carbocycles. The highest BCUT2D eigenvalue weighted by Gasteiger charge is 2.36. The highest BCUT2D eigenvalue weighted by Crippen LogP contribution is 2.35. The number of rotatable bonds is 0. The summed E-state index contributed by atoms with van der Waals surface area (Å²) < 4.78 is 0. The van der Waals surface area contributed by atoms with E-state index in [0.717, 1.165) is 11.1 Å². The normalized spacial score (nSPS) is 18.0. The zero-order valence-corrected chi connectivity index (χ0v) is 13.8. The van der Waals surface area contributed by atoms with E-state index in [2.05, 4.69) is 0 Å². The van der Waals surface area contributed by atoms with E-state index in [-0.39, 0.29) is 50.6 Å². The fraction of sp³-hybridized carbons (Fsp3) is 0.200. The Morgan fingerprint density at radius 3 is 1.88 bits per heavy atom. The van der Waals surface area contributed by atoms with Gasteiger partial charge in [0.1, 0.15) is 11.5 Å². The molecule has 1 unspecified atom stereocenters. The van der Waals surface area contributed by atoms with Gasteiger partial charge in [-0.15, -0.1) is 0 Å². The lowest BCUT2D eigenvalue weighted by Crippen LogP contribution is -2.36. The number of phenols is 2. The average molecular weight is 336 g/mol. The van der Waals surface area contributed by atoms with Gasteiger partial charge in [0.05, 0.1) is 17.2 Å². The van der Waals surface area contributed by atoms with Gasteiger partial charge in [-0.1, -0.05) is 6.08 Å². The summed E-state index contributed by atoms with van der Waals surface area (Å²) in [5, 5.41) is 31.5. The van der Waals surface area contributed by atoms with Crippen LogP contribution in [0.3, 0.4) is 0 Å². The molecule has 2 aliphatic rings. The fourth-order valence-electron chi connectivity index (χ4n) is 3.54. The summed E-state index contributed by atoms with van der Waals surface area (Å²) in [5.74, 6) is -1.69. The second-order valence-electron chi connectivity index (χ2n) is 6.59. The number of hydrogen-bond donors (Lipinski definition) is 3. The van der Waals surface area contributed by atoms with E-state index in [1.807, 2.05) is 13.8 Å². The molecule has 0 fully saturated rings. The molecule has 0 bridgehead atoms. The van der Waals surface area contributed by atoms with Crippen LogP contribution in [0.25, 0.3) is 12.2 Å². The summed E-state index contributed by atoms with van der Waals surface area (Å²) in [7, 11) is 0. The first-order valence-corrected chi connectivity index (χ1v) is 8.00. The summed E-state index contributed by atoms with van der Waals surface area (Å²) in [5.41, 5.74) is 1.81. The molecule has 0 radical (unpaired) electrons.